The maximum atomic E-state index is 13.6. The molecule has 2 heterocycles. The first-order valence-corrected chi connectivity index (χ1v) is 11.2. The Morgan fingerprint density at radius 1 is 1.20 bits per heavy atom. The van der Waals surface area contributed by atoms with Gasteiger partial charge >= 0.3 is 6.03 Å². The highest BCUT2D eigenvalue weighted by Crippen LogP contribution is 2.20. The van der Waals surface area contributed by atoms with E-state index >= 15 is 0 Å². The number of hydrogen-bond donors (Lipinski definition) is 2. The van der Waals surface area contributed by atoms with Crippen molar-refractivity contribution in [1.82, 2.24) is 25.2 Å². The Hall–Kier alpha value is -4.27. The Morgan fingerprint density at radius 2 is 1.97 bits per heavy atom. The fraction of sp³-hybridized carbons (Fsp3) is 0.231. The number of alkyl halides is 1. The third kappa shape index (κ3) is 7.36. The zero-order chi connectivity index (χ0) is 25.2. The highest BCUT2D eigenvalue weighted by atomic mass is 19.1. The van der Waals surface area contributed by atoms with Crippen molar-refractivity contribution in [2.45, 2.75) is 26.2 Å². The molecule has 3 aromatic rings. The summed E-state index contributed by atoms with van der Waals surface area (Å²) in [6.45, 7) is 10.4. The van der Waals surface area contributed by atoms with E-state index in [4.69, 9.17) is 4.74 Å². The van der Waals surface area contributed by atoms with Crippen molar-refractivity contribution in [3.8, 4) is 5.75 Å². The number of pyridine rings is 1. The summed E-state index contributed by atoms with van der Waals surface area (Å²) in [5.74, 6) is 0.847. The van der Waals surface area contributed by atoms with Crippen LogP contribution < -0.4 is 15.4 Å². The number of nitrogens with one attached hydrogen (secondary N) is 2. The Morgan fingerprint density at radius 3 is 2.66 bits per heavy atom. The molecule has 9 heteroatoms. The molecule has 0 fully saturated rings. The topological polar surface area (TPSA) is 92.3 Å². The number of carbonyl (C=O) groups is 1. The van der Waals surface area contributed by atoms with Crippen LogP contribution in [0.5, 0.6) is 5.75 Å². The highest BCUT2D eigenvalue weighted by Gasteiger charge is 2.09. The van der Waals surface area contributed by atoms with Crippen molar-refractivity contribution < 1.29 is 13.9 Å². The number of hydrogen-bond acceptors (Lipinski definition) is 6. The van der Waals surface area contributed by atoms with E-state index in [1.807, 2.05) is 37.2 Å². The van der Waals surface area contributed by atoms with Crippen molar-refractivity contribution in [1.29, 1.82) is 0 Å². The van der Waals surface area contributed by atoms with Crippen molar-refractivity contribution in [3.63, 3.8) is 0 Å². The van der Waals surface area contributed by atoms with Crippen LogP contribution in [-0.4, -0.2) is 45.8 Å². The molecular weight excluding hydrogens is 447 g/mol. The molecule has 2 amide bonds. The SMILES string of the molecule is C=CCC(F)Oc1ccc(CN(C)C=C(C=C)c2cnc3ccc(NC(=O)NCC)nc3n2)cc1. The maximum Gasteiger partial charge on any atom is 0.320 e. The number of fused-ring (bicyclic) bond motifs is 1. The fourth-order valence-corrected chi connectivity index (χ4v) is 3.22. The zero-order valence-electron chi connectivity index (χ0n) is 19.9. The number of halogens is 1. The van der Waals surface area contributed by atoms with Crippen LogP contribution in [0.3, 0.4) is 0 Å². The molecule has 2 aromatic heterocycles. The minimum Gasteiger partial charge on any atom is -0.460 e. The first kappa shape index (κ1) is 25.4. The van der Waals surface area contributed by atoms with Crippen molar-refractivity contribution in [3.05, 3.63) is 85.4 Å². The highest BCUT2D eigenvalue weighted by molar-refractivity contribution is 5.89. The van der Waals surface area contributed by atoms with Crippen molar-refractivity contribution >= 4 is 28.6 Å². The summed E-state index contributed by atoms with van der Waals surface area (Å²) in [7, 11) is 1.93. The van der Waals surface area contributed by atoms with Gasteiger partial charge in [-0.05, 0) is 36.8 Å². The monoisotopic (exact) mass is 476 g/mol. The van der Waals surface area contributed by atoms with Crippen molar-refractivity contribution in [2.75, 3.05) is 18.9 Å². The first-order valence-electron chi connectivity index (χ1n) is 11.2. The number of carbonyl (C=O) groups excluding carboxylic acids is 1. The molecule has 1 unspecified atom stereocenters. The molecule has 0 saturated carbocycles. The molecule has 8 nitrogen and oxygen atoms in total. The lowest BCUT2D eigenvalue weighted by atomic mass is 10.2. The van der Waals surface area contributed by atoms with Gasteiger partial charge in [0.1, 0.15) is 17.1 Å². The van der Waals surface area contributed by atoms with Gasteiger partial charge in [0.05, 0.1) is 11.9 Å². The fourth-order valence-electron chi connectivity index (χ4n) is 3.22. The van der Waals surface area contributed by atoms with Crippen molar-refractivity contribution in [2.24, 2.45) is 0 Å². The van der Waals surface area contributed by atoms with Gasteiger partial charge in [0, 0.05) is 38.3 Å². The summed E-state index contributed by atoms with van der Waals surface area (Å²) in [4.78, 5) is 27.2. The molecule has 0 spiro atoms. The van der Waals surface area contributed by atoms with Crippen LogP contribution in [0.25, 0.3) is 16.7 Å². The third-order valence-electron chi connectivity index (χ3n) is 4.83. The van der Waals surface area contributed by atoms with Crippen LogP contribution in [0.15, 0.2) is 74.1 Å². The molecular formula is C26H29FN6O2. The van der Waals surface area contributed by atoms with Gasteiger partial charge in [0.15, 0.2) is 5.65 Å². The van der Waals surface area contributed by atoms with Gasteiger partial charge in [-0.15, -0.1) is 6.58 Å². The normalized spacial score (nSPS) is 12.0. The second-order valence-corrected chi connectivity index (χ2v) is 7.68. The molecule has 0 radical (unpaired) electrons. The molecule has 0 saturated heterocycles. The van der Waals surface area contributed by atoms with Gasteiger partial charge < -0.3 is 15.0 Å². The second kappa shape index (κ2) is 12.3. The number of anilines is 1. The van der Waals surface area contributed by atoms with Crippen LogP contribution >= 0.6 is 0 Å². The zero-order valence-corrected chi connectivity index (χ0v) is 19.9. The van der Waals surface area contributed by atoms with Crippen LogP contribution in [0.2, 0.25) is 0 Å². The molecule has 182 valence electrons. The molecule has 0 aliphatic rings. The molecule has 3 rings (SSSR count). The number of rotatable bonds is 11. The molecule has 0 aliphatic carbocycles. The lowest BCUT2D eigenvalue weighted by Crippen LogP contribution is -2.28. The minimum atomic E-state index is -1.41. The van der Waals surface area contributed by atoms with Gasteiger partial charge in [-0.1, -0.05) is 30.9 Å². The van der Waals surface area contributed by atoms with Crippen LogP contribution in [0, 0.1) is 0 Å². The number of aromatic nitrogens is 3. The number of nitrogens with zero attached hydrogens (tertiary/aromatic N) is 4. The Labute approximate surface area is 204 Å². The summed E-state index contributed by atoms with van der Waals surface area (Å²) in [5, 5.41) is 5.33. The summed E-state index contributed by atoms with van der Waals surface area (Å²) in [5.41, 5.74) is 3.40. The lowest BCUT2D eigenvalue weighted by Gasteiger charge is -2.17. The first-order chi connectivity index (χ1) is 16.9. The predicted octanol–water partition coefficient (Wildman–Crippen LogP) is 5.08. The van der Waals surface area contributed by atoms with Crippen LogP contribution in [-0.2, 0) is 6.54 Å². The number of urea groups is 1. The average Bonchev–Trinajstić information content (AvgIpc) is 2.83. The Balaban J connectivity index is 1.72. The van der Waals surface area contributed by atoms with E-state index in [2.05, 4.69) is 38.7 Å². The Bertz CT molecular complexity index is 1210. The molecule has 2 N–H and O–H groups in total. The van der Waals surface area contributed by atoms with E-state index < -0.39 is 6.36 Å². The largest absolute Gasteiger partial charge is 0.460 e. The lowest BCUT2D eigenvalue weighted by molar-refractivity contribution is 0.0707. The second-order valence-electron chi connectivity index (χ2n) is 7.68. The van der Waals surface area contributed by atoms with E-state index in [1.54, 1.807) is 36.5 Å². The summed E-state index contributed by atoms with van der Waals surface area (Å²) in [6, 6.07) is 10.3. The van der Waals surface area contributed by atoms with Gasteiger partial charge in [0.2, 0.25) is 6.36 Å². The minimum absolute atomic E-state index is 0.138. The number of allylic oxidation sites excluding steroid dienone is 2. The van der Waals surface area contributed by atoms with Crippen LogP contribution in [0.4, 0.5) is 15.0 Å². The third-order valence-corrected chi connectivity index (χ3v) is 4.83. The van der Waals surface area contributed by atoms with E-state index in [9.17, 15) is 9.18 Å². The van der Waals surface area contributed by atoms with E-state index in [0.29, 0.717) is 41.5 Å². The van der Waals surface area contributed by atoms with E-state index in [-0.39, 0.29) is 12.5 Å². The predicted molar refractivity (Wildman–Crippen MR) is 136 cm³/mol. The molecule has 1 aromatic carbocycles. The summed E-state index contributed by atoms with van der Waals surface area (Å²) in [6.07, 6.45) is 5.48. The molecule has 0 bridgehead atoms. The van der Waals surface area contributed by atoms with E-state index in [0.717, 1.165) is 11.1 Å². The summed E-state index contributed by atoms with van der Waals surface area (Å²) >= 11 is 0. The quantitative estimate of drug-likeness (QED) is 0.296. The van der Waals surface area contributed by atoms with Gasteiger partial charge in [-0.25, -0.2) is 19.2 Å². The van der Waals surface area contributed by atoms with Crippen LogP contribution in [0.1, 0.15) is 24.6 Å². The van der Waals surface area contributed by atoms with Gasteiger partial charge in [-0.2, -0.15) is 0 Å². The average molecular weight is 477 g/mol. The van der Waals surface area contributed by atoms with E-state index in [1.165, 1.54) is 6.08 Å². The standard InChI is InChI=1S/C26H29FN6O2/c1-5-8-23(27)35-20-11-9-18(10-12-20)16-33(4)17-19(6-2)22-15-29-21-13-14-24(31-25(21)30-22)32-26(34)28-7-3/h5-6,9-15,17,23H,1-2,7-8,16H2,3-4H3,(H2,28,30,31,32,34). The smallest absolute Gasteiger partial charge is 0.320 e. The van der Waals surface area contributed by atoms with Gasteiger partial charge in [0.25, 0.3) is 0 Å². The number of ether oxygens (including phenoxy) is 1. The number of amides is 2. The number of benzene rings is 1. The molecule has 0 aliphatic heterocycles. The summed E-state index contributed by atoms with van der Waals surface area (Å²) < 4.78 is 18.8. The maximum absolute atomic E-state index is 13.6. The molecule has 35 heavy (non-hydrogen) atoms. The molecule has 1 atom stereocenters. The van der Waals surface area contributed by atoms with Gasteiger partial charge in [-0.3, -0.25) is 10.3 Å². The Kier molecular flexibility index (Phi) is 8.89.